The van der Waals surface area contributed by atoms with Gasteiger partial charge in [0.05, 0.1) is 5.41 Å². The maximum Gasteiger partial charge on any atom is 0.394 e. The highest BCUT2D eigenvalue weighted by Crippen LogP contribution is 2.52. The van der Waals surface area contributed by atoms with Crippen LogP contribution in [0.1, 0.15) is 81.5 Å². The van der Waals surface area contributed by atoms with E-state index in [1.807, 2.05) is 0 Å². The molecule has 23 heavy (non-hydrogen) atoms. The molecule has 0 aliphatic heterocycles. The Morgan fingerprint density at radius 1 is 1.00 bits per heavy atom. The summed E-state index contributed by atoms with van der Waals surface area (Å²) in [4.78, 5) is 0. The quantitative estimate of drug-likeness (QED) is 0.530. The molecule has 0 unspecified atom stereocenters. The van der Waals surface area contributed by atoms with Crippen molar-refractivity contribution in [3.8, 4) is 0 Å². The number of aryl methyl sites for hydroxylation is 1. The fourth-order valence-corrected chi connectivity index (χ4v) is 3.77. The standard InChI is InChI=1S/C20H29F3/c1-13-11-16(12-17(14(13)2)18(3,4)5)15-7-9-19(6,10-8-15)20(21,22)23/h11-12,15H,7-10H2,1-6H3. The number of hydrogen-bond acceptors (Lipinski definition) is 0. The minimum atomic E-state index is -4.09. The van der Waals surface area contributed by atoms with Gasteiger partial charge in [-0.25, -0.2) is 0 Å². The van der Waals surface area contributed by atoms with Crippen LogP contribution in [0.15, 0.2) is 12.1 Å². The monoisotopic (exact) mass is 326 g/mol. The Kier molecular flexibility index (Phi) is 4.65. The van der Waals surface area contributed by atoms with E-state index in [1.165, 1.54) is 29.2 Å². The molecule has 1 fully saturated rings. The average molecular weight is 326 g/mol. The molecule has 0 bridgehead atoms. The lowest BCUT2D eigenvalue weighted by molar-refractivity contribution is -0.228. The van der Waals surface area contributed by atoms with Crippen LogP contribution in [-0.2, 0) is 5.41 Å². The van der Waals surface area contributed by atoms with Gasteiger partial charge in [0.2, 0.25) is 0 Å². The third-order valence-electron chi connectivity index (χ3n) is 5.74. The minimum Gasteiger partial charge on any atom is -0.171 e. The molecule has 1 aromatic carbocycles. The van der Waals surface area contributed by atoms with Crippen molar-refractivity contribution in [1.82, 2.24) is 0 Å². The summed E-state index contributed by atoms with van der Waals surface area (Å²) in [6.07, 6.45) is -2.36. The van der Waals surface area contributed by atoms with E-state index in [2.05, 4.69) is 46.8 Å². The van der Waals surface area contributed by atoms with Crippen molar-refractivity contribution in [1.29, 1.82) is 0 Å². The van der Waals surface area contributed by atoms with Crippen molar-refractivity contribution in [2.45, 2.75) is 84.7 Å². The highest BCUT2D eigenvalue weighted by atomic mass is 19.4. The Hall–Kier alpha value is -0.990. The molecule has 0 spiro atoms. The molecule has 1 aromatic rings. The van der Waals surface area contributed by atoms with E-state index in [9.17, 15) is 13.2 Å². The molecule has 2 rings (SSSR count). The highest BCUT2D eigenvalue weighted by Gasteiger charge is 2.52. The number of rotatable bonds is 1. The average Bonchev–Trinajstić information content (AvgIpc) is 2.40. The number of alkyl halides is 3. The predicted molar refractivity (Wildman–Crippen MR) is 90.0 cm³/mol. The molecule has 0 nitrogen and oxygen atoms in total. The first-order chi connectivity index (χ1) is 10.3. The fraction of sp³-hybridized carbons (Fsp3) is 0.700. The zero-order valence-corrected chi connectivity index (χ0v) is 15.2. The molecule has 1 aliphatic rings. The van der Waals surface area contributed by atoms with Crippen LogP contribution in [0.4, 0.5) is 13.2 Å². The second-order valence-corrected chi connectivity index (χ2v) is 8.59. The Balaban J connectivity index is 2.27. The summed E-state index contributed by atoms with van der Waals surface area (Å²) in [6, 6.07) is 4.43. The summed E-state index contributed by atoms with van der Waals surface area (Å²) in [5.74, 6) is 0.255. The van der Waals surface area contributed by atoms with Crippen molar-refractivity contribution in [2.24, 2.45) is 5.41 Å². The smallest absolute Gasteiger partial charge is 0.171 e. The van der Waals surface area contributed by atoms with Gasteiger partial charge in [-0.05, 0) is 73.1 Å². The summed E-state index contributed by atoms with van der Waals surface area (Å²) in [7, 11) is 0. The number of hydrogen-bond donors (Lipinski definition) is 0. The molecule has 0 heterocycles. The number of benzene rings is 1. The lowest BCUT2D eigenvalue weighted by Gasteiger charge is -2.39. The van der Waals surface area contributed by atoms with Crippen molar-refractivity contribution in [2.75, 3.05) is 0 Å². The minimum absolute atomic E-state index is 0.0556. The molecule has 0 atom stereocenters. The van der Waals surface area contributed by atoms with Crippen molar-refractivity contribution >= 4 is 0 Å². The molecule has 0 amide bonds. The first-order valence-electron chi connectivity index (χ1n) is 8.53. The van der Waals surface area contributed by atoms with Crippen LogP contribution < -0.4 is 0 Å². The summed E-state index contributed by atoms with van der Waals surface area (Å²) in [5.41, 5.74) is 3.64. The normalized spacial score (nSPS) is 26.4. The third-order valence-corrected chi connectivity index (χ3v) is 5.74. The van der Waals surface area contributed by atoms with Crippen molar-refractivity contribution < 1.29 is 13.2 Å². The first-order valence-corrected chi connectivity index (χ1v) is 8.53. The Labute approximate surface area is 138 Å². The van der Waals surface area contributed by atoms with Gasteiger partial charge in [0, 0.05) is 0 Å². The van der Waals surface area contributed by atoms with Crippen LogP contribution in [0, 0.1) is 19.3 Å². The molecule has 1 aliphatic carbocycles. The number of halogens is 3. The van der Waals surface area contributed by atoms with Gasteiger partial charge in [0.1, 0.15) is 0 Å². The second-order valence-electron chi connectivity index (χ2n) is 8.59. The van der Waals surface area contributed by atoms with E-state index >= 15 is 0 Å². The van der Waals surface area contributed by atoms with Crippen LogP contribution in [0.25, 0.3) is 0 Å². The molecular weight excluding hydrogens is 297 g/mol. The summed E-state index contributed by atoms with van der Waals surface area (Å²) < 4.78 is 39.6. The van der Waals surface area contributed by atoms with E-state index in [1.54, 1.807) is 0 Å². The topological polar surface area (TPSA) is 0 Å². The van der Waals surface area contributed by atoms with Gasteiger partial charge in [-0.3, -0.25) is 0 Å². The molecule has 0 radical (unpaired) electrons. The van der Waals surface area contributed by atoms with E-state index in [0.29, 0.717) is 12.8 Å². The first kappa shape index (κ1) is 18.4. The molecule has 130 valence electrons. The van der Waals surface area contributed by atoms with Crippen LogP contribution in [-0.4, -0.2) is 6.18 Å². The van der Waals surface area contributed by atoms with E-state index in [4.69, 9.17) is 0 Å². The van der Waals surface area contributed by atoms with Gasteiger partial charge in [-0.1, -0.05) is 39.8 Å². The van der Waals surface area contributed by atoms with Gasteiger partial charge in [-0.15, -0.1) is 0 Å². The molecular formula is C20H29F3. The molecule has 0 N–H and O–H groups in total. The van der Waals surface area contributed by atoms with Crippen LogP contribution in [0.5, 0.6) is 0 Å². The summed E-state index contributed by atoms with van der Waals surface area (Å²) in [6.45, 7) is 12.2. The maximum atomic E-state index is 13.2. The third kappa shape index (κ3) is 3.59. The van der Waals surface area contributed by atoms with Crippen molar-refractivity contribution in [3.05, 3.63) is 34.4 Å². The Morgan fingerprint density at radius 2 is 1.52 bits per heavy atom. The van der Waals surface area contributed by atoms with Gasteiger partial charge in [-0.2, -0.15) is 13.2 Å². The zero-order chi connectivity index (χ0) is 17.6. The Morgan fingerprint density at radius 3 is 1.96 bits per heavy atom. The van der Waals surface area contributed by atoms with E-state index in [-0.39, 0.29) is 24.2 Å². The van der Waals surface area contributed by atoms with Crippen molar-refractivity contribution in [3.63, 3.8) is 0 Å². The SMILES string of the molecule is Cc1cc(C2CCC(C)(C(F)(F)F)CC2)cc(C(C)(C)C)c1C. The summed E-state index contributed by atoms with van der Waals surface area (Å²) in [5, 5.41) is 0. The van der Waals surface area contributed by atoms with Gasteiger partial charge in [0.25, 0.3) is 0 Å². The van der Waals surface area contributed by atoms with Gasteiger partial charge >= 0.3 is 6.18 Å². The lowest BCUT2D eigenvalue weighted by atomic mass is 9.69. The van der Waals surface area contributed by atoms with E-state index in [0.717, 1.165) is 0 Å². The van der Waals surface area contributed by atoms with Crippen LogP contribution in [0.3, 0.4) is 0 Å². The van der Waals surface area contributed by atoms with Gasteiger partial charge in [0.15, 0.2) is 0 Å². The van der Waals surface area contributed by atoms with Crippen LogP contribution >= 0.6 is 0 Å². The van der Waals surface area contributed by atoms with E-state index < -0.39 is 11.6 Å². The molecule has 0 saturated heterocycles. The summed E-state index contributed by atoms with van der Waals surface area (Å²) >= 11 is 0. The van der Waals surface area contributed by atoms with Crippen LogP contribution in [0.2, 0.25) is 0 Å². The maximum absolute atomic E-state index is 13.2. The lowest BCUT2D eigenvalue weighted by Crippen LogP contribution is -2.38. The predicted octanol–water partition coefficient (Wildman–Crippen LogP) is 6.83. The Bertz CT molecular complexity index is 568. The zero-order valence-electron chi connectivity index (χ0n) is 15.2. The largest absolute Gasteiger partial charge is 0.394 e. The molecule has 0 aromatic heterocycles. The molecule has 1 saturated carbocycles. The molecule has 3 heteroatoms. The second kappa shape index (κ2) is 5.82. The fourth-order valence-electron chi connectivity index (χ4n) is 3.77. The highest BCUT2D eigenvalue weighted by molar-refractivity contribution is 5.42. The van der Waals surface area contributed by atoms with Gasteiger partial charge < -0.3 is 0 Å².